The van der Waals surface area contributed by atoms with Gasteiger partial charge in [-0.2, -0.15) is 0 Å². The highest BCUT2D eigenvalue weighted by molar-refractivity contribution is 7.39. The highest BCUT2D eigenvalue weighted by Gasteiger charge is 2.01. The van der Waals surface area contributed by atoms with E-state index in [0.717, 1.165) is 0 Å². The van der Waals surface area contributed by atoms with Crippen LogP contribution in [0, 0.1) is 0 Å². The monoisotopic (exact) mass is 136 g/mol. The van der Waals surface area contributed by atoms with Gasteiger partial charge in [0, 0.05) is 0 Å². The number of nitrogens with zero attached hydrogens (tertiary/aromatic N) is 2. The molecule has 0 aliphatic rings. The minimum atomic E-state index is -1.61. The zero-order chi connectivity index (χ0) is 6.73. The molecule has 0 amide bonds. The molecule has 0 radical (unpaired) electrons. The summed E-state index contributed by atoms with van der Waals surface area (Å²) in [5.74, 6) is 0. The summed E-state index contributed by atoms with van der Waals surface area (Å²) >= 11 is 0. The van der Waals surface area contributed by atoms with Crippen LogP contribution in [0.25, 0.3) is 0 Å². The maximum Gasteiger partial charge on any atom is 0.203 e. The Bertz CT molecular complexity index is 82.0. The summed E-state index contributed by atoms with van der Waals surface area (Å²) in [6, 6.07) is 0. The Morgan fingerprint density at radius 1 is 1.00 bits per heavy atom. The molecule has 0 N–H and O–H groups in total. The van der Waals surface area contributed by atoms with E-state index in [9.17, 15) is 4.57 Å². The molecule has 0 rings (SSSR count). The topological polar surface area (TPSA) is 23.6 Å². The van der Waals surface area contributed by atoms with Gasteiger partial charge in [0.05, 0.1) is 0 Å². The highest BCUT2D eigenvalue weighted by Crippen LogP contribution is 2.23. The fourth-order valence-corrected chi connectivity index (χ4v) is 1.20. The van der Waals surface area contributed by atoms with Gasteiger partial charge in [-0.15, -0.1) is 0 Å². The quantitative estimate of drug-likeness (QED) is 0.516. The van der Waals surface area contributed by atoms with E-state index in [4.69, 9.17) is 0 Å². The van der Waals surface area contributed by atoms with Gasteiger partial charge >= 0.3 is 0 Å². The van der Waals surface area contributed by atoms with Gasteiger partial charge in [-0.25, -0.2) is 9.34 Å². The standard InChI is InChI=1S/C4H13N2OP/c1-5(2)8(7)6(3)4/h8H,1-4H3. The number of hydrogen-bond donors (Lipinski definition) is 0. The number of hydrogen-bond acceptors (Lipinski definition) is 1. The molecule has 0 spiro atoms. The Hall–Kier alpha value is 0.150. The van der Waals surface area contributed by atoms with Crippen LogP contribution in [0.4, 0.5) is 0 Å². The van der Waals surface area contributed by atoms with Crippen LogP contribution in [-0.4, -0.2) is 37.5 Å². The predicted octanol–water partition coefficient (Wildman–Crippen LogP) is 0.499. The summed E-state index contributed by atoms with van der Waals surface area (Å²) in [4.78, 5) is 0. The third-order valence-corrected chi connectivity index (χ3v) is 2.30. The van der Waals surface area contributed by atoms with E-state index >= 15 is 0 Å². The average Bonchev–Trinajstić information content (AvgIpc) is 1.64. The average molecular weight is 136 g/mol. The Kier molecular flexibility index (Phi) is 3.29. The van der Waals surface area contributed by atoms with Crippen molar-refractivity contribution in [2.75, 3.05) is 28.2 Å². The molecule has 0 unspecified atom stereocenters. The van der Waals surface area contributed by atoms with Gasteiger partial charge in [0.25, 0.3) is 0 Å². The smallest absolute Gasteiger partial charge is 0.203 e. The van der Waals surface area contributed by atoms with Crippen molar-refractivity contribution in [1.29, 1.82) is 0 Å². The SMILES string of the molecule is CN(C)[PH](=O)N(C)C. The van der Waals surface area contributed by atoms with Crippen LogP contribution >= 0.6 is 8.10 Å². The Labute approximate surface area is 51.2 Å². The van der Waals surface area contributed by atoms with Crippen molar-refractivity contribution < 1.29 is 4.57 Å². The lowest BCUT2D eigenvalue weighted by atomic mass is 11.3. The molecule has 0 bridgehead atoms. The first-order valence-corrected chi connectivity index (χ1v) is 3.74. The Morgan fingerprint density at radius 3 is 1.25 bits per heavy atom. The molecule has 50 valence electrons. The zero-order valence-electron chi connectivity index (χ0n) is 5.80. The van der Waals surface area contributed by atoms with Crippen LogP contribution in [0.3, 0.4) is 0 Å². The molecule has 4 heteroatoms. The molecule has 0 fully saturated rings. The summed E-state index contributed by atoms with van der Waals surface area (Å²) in [5.41, 5.74) is 0. The fraction of sp³-hybridized carbons (Fsp3) is 1.00. The van der Waals surface area contributed by atoms with E-state index in [1.54, 1.807) is 37.5 Å². The second kappa shape index (κ2) is 3.23. The molecule has 0 saturated heterocycles. The van der Waals surface area contributed by atoms with Gasteiger partial charge in [-0.05, 0) is 28.2 Å². The molecule has 0 heterocycles. The first-order valence-electron chi connectivity index (χ1n) is 2.44. The molecule has 0 aromatic rings. The maximum absolute atomic E-state index is 10.9. The summed E-state index contributed by atoms with van der Waals surface area (Å²) < 4.78 is 14.3. The third-order valence-electron chi connectivity index (χ3n) is 0.765. The molecule has 0 saturated carbocycles. The summed E-state index contributed by atoms with van der Waals surface area (Å²) in [5, 5.41) is 0. The lowest BCUT2D eigenvalue weighted by molar-refractivity contribution is 0.474. The van der Waals surface area contributed by atoms with Crippen LogP contribution < -0.4 is 0 Å². The maximum atomic E-state index is 10.9. The molecule has 3 nitrogen and oxygen atoms in total. The van der Waals surface area contributed by atoms with Crippen molar-refractivity contribution in [2.45, 2.75) is 0 Å². The van der Waals surface area contributed by atoms with Crippen molar-refractivity contribution >= 4 is 8.10 Å². The first-order chi connectivity index (χ1) is 3.55. The molecule has 0 aromatic carbocycles. The van der Waals surface area contributed by atoms with Crippen LogP contribution in [0.2, 0.25) is 0 Å². The van der Waals surface area contributed by atoms with Crippen molar-refractivity contribution in [1.82, 2.24) is 9.34 Å². The molecule has 0 aliphatic heterocycles. The zero-order valence-corrected chi connectivity index (χ0v) is 6.80. The minimum absolute atomic E-state index is 1.61. The van der Waals surface area contributed by atoms with Crippen LogP contribution in [0.15, 0.2) is 0 Å². The predicted molar refractivity (Wildman–Crippen MR) is 36.4 cm³/mol. The molecule has 0 atom stereocenters. The lowest BCUT2D eigenvalue weighted by Crippen LogP contribution is -2.11. The minimum Gasteiger partial charge on any atom is -0.292 e. The van der Waals surface area contributed by atoms with Crippen LogP contribution in [0.5, 0.6) is 0 Å². The largest absolute Gasteiger partial charge is 0.292 e. The van der Waals surface area contributed by atoms with E-state index in [0.29, 0.717) is 0 Å². The van der Waals surface area contributed by atoms with Crippen LogP contribution in [-0.2, 0) is 4.57 Å². The van der Waals surface area contributed by atoms with E-state index < -0.39 is 8.10 Å². The second-order valence-corrected chi connectivity index (χ2v) is 4.43. The third kappa shape index (κ3) is 2.46. The number of rotatable bonds is 2. The van der Waals surface area contributed by atoms with Crippen molar-refractivity contribution in [2.24, 2.45) is 0 Å². The molecule has 0 aromatic heterocycles. The fourth-order valence-electron chi connectivity index (χ4n) is 0.400. The van der Waals surface area contributed by atoms with E-state index in [1.807, 2.05) is 0 Å². The van der Waals surface area contributed by atoms with Gasteiger partial charge in [0.15, 0.2) is 0 Å². The molecule has 8 heavy (non-hydrogen) atoms. The molecular formula is C4H13N2OP. The summed E-state index contributed by atoms with van der Waals surface area (Å²) in [6.45, 7) is 0. The molecule has 0 aliphatic carbocycles. The first kappa shape index (κ1) is 8.15. The second-order valence-electron chi connectivity index (χ2n) is 2.07. The van der Waals surface area contributed by atoms with Gasteiger partial charge in [-0.3, -0.25) is 4.57 Å². The summed E-state index contributed by atoms with van der Waals surface area (Å²) in [7, 11) is 5.62. The van der Waals surface area contributed by atoms with Crippen molar-refractivity contribution in [3.05, 3.63) is 0 Å². The van der Waals surface area contributed by atoms with Gasteiger partial charge in [-0.1, -0.05) is 0 Å². The van der Waals surface area contributed by atoms with Crippen molar-refractivity contribution in [3.8, 4) is 0 Å². The van der Waals surface area contributed by atoms with E-state index in [1.165, 1.54) is 0 Å². The highest BCUT2D eigenvalue weighted by atomic mass is 31.1. The van der Waals surface area contributed by atoms with E-state index in [2.05, 4.69) is 0 Å². The lowest BCUT2D eigenvalue weighted by Gasteiger charge is -2.14. The van der Waals surface area contributed by atoms with Crippen LogP contribution in [0.1, 0.15) is 0 Å². The Morgan fingerprint density at radius 2 is 1.25 bits per heavy atom. The van der Waals surface area contributed by atoms with Gasteiger partial charge in [0.1, 0.15) is 0 Å². The van der Waals surface area contributed by atoms with Gasteiger partial charge in [0.2, 0.25) is 8.10 Å². The summed E-state index contributed by atoms with van der Waals surface area (Å²) in [6.07, 6.45) is 0. The Balaban J connectivity index is 3.65. The van der Waals surface area contributed by atoms with Crippen molar-refractivity contribution in [3.63, 3.8) is 0 Å². The normalized spacial score (nSPS) is 11.9. The molecular weight excluding hydrogens is 123 g/mol. The van der Waals surface area contributed by atoms with Gasteiger partial charge < -0.3 is 0 Å². The van der Waals surface area contributed by atoms with E-state index in [-0.39, 0.29) is 0 Å².